The Kier molecular flexibility index (Phi) is 6.26. The first-order valence-electron chi connectivity index (χ1n) is 9.55. The van der Waals surface area contributed by atoms with Crippen molar-refractivity contribution in [2.45, 2.75) is 39.7 Å². The first-order chi connectivity index (χ1) is 13.3. The van der Waals surface area contributed by atoms with E-state index in [4.69, 9.17) is 21.1 Å². The highest BCUT2D eigenvalue weighted by Crippen LogP contribution is 2.41. The number of carbonyl (C=O) groups is 1. The summed E-state index contributed by atoms with van der Waals surface area (Å²) in [5, 5.41) is 0.508. The lowest BCUT2D eigenvalue weighted by molar-refractivity contribution is 0.101. The summed E-state index contributed by atoms with van der Waals surface area (Å²) in [6, 6.07) is 5.54. The number of hydrogen-bond acceptors (Lipinski definition) is 4. The number of Topliss-reactive ketones (excluding diaryl/α,β-unsaturated/α-hetero) is 1. The highest BCUT2D eigenvalue weighted by atomic mass is 35.5. The molecule has 2 heterocycles. The molecule has 1 aliphatic rings. The van der Waals surface area contributed by atoms with Crippen LogP contribution in [0.2, 0.25) is 5.02 Å². The van der Waals surface area contributed by atoms with Crippen LogP contribution in [0.4, 0.5) is 0 Å². The van der Waals surface area contributed by atoms with Crippen LogP contribution in [0.1, 0.15) is 49.2 Å². The number of aromatic nitrogens is 1. The molecular weight excluding hydrogens is 378 g/mol. The van der Waals surface area contributed by atoms with Crippen molar-refractivity contribution in [3.05, 3.63) is 50.8 Å². The van der Waals surface area contributed by atoms with E-state index in [1.807, 2.05) is 12.1 Å². The van der Waals surface area contributed by atoms with Crippen LogP contribution >= 0.6 is 11.6 Å². The number of hydrogen-bond donors (Lipinski definition) is 0. The van der Waals surface area contributed by atoms with Crippen molar-refractivity contribution < 1.29 is 14.3 Å². The largest absolute Gasteiger partial charge is 0.492 e. The normalized spacial score (nSPS) is 15.3. The highest BCUT2D eigenvalue weighted by Gasteiger charge is 2.28. The smallest absolute Gasteiger partial charge is 0.192 e. The second-order valence-corrected chi connectivity index (χ2v) is 7.96. The van der Waals surface area contributed by atoms with Gasteiger partial charge in [0.05, 0.1) is 22.9 Å². The molecule has 28 heavy (non-hydrogen) atoms. The maximum Gasteiger partial charge on any atom is 0.192 e. The number of ether oxygens (including phenoxy) is 2. The number of halogens is 1. The minimum Gasteiger partial charge on any atom is -0.492 e. The Labute approximate surface area is 170 Å². The molecule has 1 atom stereocenters. The molecule has 0 bridgehead atoms. The quantitative estimate of drug-likeness (QED) is 0.503. The van der Waals surface area contributed by atoms with Crippen molar-refractivity contribution in [2.24, 2.45) is 5.92 Å². The predicted octanol–water partition coefficient (Wildman–Crippen LogP) is 4.54. The lowest BCUT2D eigenvalue weighted by Gasteiger charge is -2.33. The van der Waals surface area contributed by atoms with Crippen molar-refractivity contribution in [1.82, 2.24) is 4.57 Å². The van der Waals surface area contributed by atoms with Crippen LogP contribution in [0.15, 0.2) is 29.2 Å². The van der Waals surface area contributed by atoms with E-state index in [-0.39, 0.29) is 22.8 Å². The van der Waals surface area contributed by atoms with E-state index in [1.165, 1.54) is 6.92 Å². The molecule has 0 saturated heterocycles. The Morgan fingerprint density at radius 3 is 2.68 bits per heavy atom. The molecule has 0 N–H and O–H groups in total. The Morgan fingerprint density at radius 2 is 2.04 bits per heavy atom. The molecule has 3 rings (SSSR count). The average Bonchev–Trinajstić information content (AvgIpc) is 2.64. The van der Waals surface area contributed by atoms with E-state index in [2.05, 4.69) is 18.4 Å². The molecule has 6 heteroatoms. The first-order valence-corrected chi connectivity index (χ1v) is 9.93. The standard InChI is InChI=1S/C22H26ClNO4/c1-13(2)19-8-15-9-22(28-7-5-6-27-4)18(23)10-16(15)20-11-21(26)17(14(3)25)12-24(19)20/h9-13,19H,5-8H2,1-4H3/t19-/m0/s1. The molecule has 0 radical (unpaired) electrons. The summed E-state index contributed by atoms with van der Waals surface area (Å²) in [5.41, 5.74) is 2.77. The predicted molar refractivity (Wildman–Crippen MR) is 111 cm³/mol. The number of rotatable bonds is 7. The monoisotopic (exact) mass is 403 g/mol. The van der Waals surface area contributed by atoms with E-state index < -0.39 is 0 Å². The second kappa shape index (κ2) is 8.50. The van der Waals surface area contributed by atoms with Gasteiger partial charge in [-0.15, -0.1) is 0 Å². The third kappa shape index (κ3) is 4.01. The van der Waals surface area contributed by atoms with E-state index in [1.54, 1.807) is 19.4 Å². The fourth-order valence-corrected chi connectivity index (χ4v) is 3.90. The maximum atomic E-state index is 12.5. The van der Waals surface area contributed by atoms with Gasteiger partial charge in [0, 0.05) is 44.0 Å². The third-order valence-electron chi connectivity index (χ3n) is 5.20. The van der Waals surface area contributed by atoms with Gasteiger partial charge in [-0.2, -0.15) is 0 Å². The number of fused-ring (bicyclic) bond motifs is 3. The van der Waals surface area contributed by atoms with E-state index >= 15 is 0 Å². The van der Waals surface area contributed by atoms with Crippen LogP contribution in [-0.4, -0.2) is 30.7 Å². The second-order valence-electron chi connectivity index (χ2n) is 7.55. The van der Waals surface area contributed by atoms with Gasteiger partial charge in [0.1, 0.15) is 5.75 Å². The third-order valence-corrected chi connectivity index (χ3v) is 5.49. The molecule has 1 aromatic heterocycles. The van der Waals surface area contributed by atoms with Crippen LogP contribution in [0.3, 0.4) is 0 Å². The van der Waals surface area contributed by atoms with Crippen molar-refractivity contribution in [3.63, 3.8) is 0 Å². The molecule has 0 amide bonds. The van der Waals surface area contributed by atoms with Gasteiger partial charge >= 0.3 is 0 Å². The van der Waals surface area contributed by atoms with Crippen molar-refractivity contribution >= 4 is 17.4 Å². The van der Waals surface area contributed by atoms with Crippen LogP contribution < -0.4 is 10.2 Å². The van der Waals surface area contributed by atoms with Crippen LogP contribution in [0, 0.1) is 5.92 Å². The van der Waals surface area contributed by atoms with Gasteiger partial charge in [-0.05, 0) is 37.0 Å². The Bertz CT molecular complexity index is 948. The van der Waals surface area contributed by atoms with Gasteiger partial charge in [-0.3, -0.25) is 9.59 Å². The van der Waals surface area contributed by atoms with Crippen LogP contribution in [0.25, 0.3) is 11.3 Å². The summed E-state index contributed by atoms with van der Waals surface area (Å²) in [6.07, 6.45) is 3.27. The average molecular weight is 404 g/mol. The molecular formula is C22H26ClNO4. The zero-order valence-corrected chi connectivity index (χ0v) is 17.5. The fraction of sp³-hybridized carbons (Fsp3) is 0.455. The molecule has 5 nitrogen and oxygen atoms in total. The van der Waals surface area contributed by atoms with Crippen molar-refractivity contribution in [1.29, 1.82) is 0 Å². The number of ketones is 1. The molecule has 0 saturated carbocycles. The summed E-state index contributed by atoms with van der Waals surface area (Å²) in [5.74, 6) is 0.762. The molecule has 1 aromatic carbocycles. The van der Waals surface area contributed by atoms with Gasteiger partial charge < -0.3 is 14.0 Å². The van der Waals surface area contributed by atoms with Gasteiger partial charge in [0.25, 0.3) is 0 Å². The fourth-order valence-electron chi connectivity index (χ4n) is 3.68. The Balaban J connectivity index is 2.07. The highest BCUT2D eigenvalue weighted by molar-refractivity contribution is 6.32. The molecule has 1 aliphatic heterocycles. The first kappa shape index (κ1) is 20.6. The summed E-state index contributed by atoms with van der Waals surface area (Å²) < 4.78 is 12.9. The molecule has 150 valence electrons. The van der Waals surface area contributed by atoms with Gasteiger partial charge in [0.15, 0.2) is 11.2 Å². The van der Waals surface area contributed by atoms with E-state index in [0.29, 0.717) is 29.9 Å². The van der Waals surface area contributed by atoms with Crippen molar-refractivity contribution in [2.75, 3.05) is 20.3 Å². The summed E-state index contributed by atoms with van der Waals surface area (Å²) in [4.78, 5) is 24.3. The summed E-state index contributed by atoms with van der Waals surface area (Å²) >= 11 is 6.46. The molecule has 2 aromatic rings. The molecule has 0 aliphatic carbocycles. The molecule has 0 fully saturated rings. The summed E-state index contributed by atoms with van der Waals surface area (Å²) in [7, 11) is 1.66. The summed E-state index contributed by atoms with van der Waals surface area (Å²) in [6.45, 7) is 6.87. The molecule has 0 unspecified atom stereocenters. The minimum atomic E-state index is -0.259. The number of benzene rings is 1. The van der Waals surface area contributed by atoms with Crippen molar-refractivity contribution in [3.8, 4) is 17.0 Å². The zero-order valence-electron chi connectivity index (χ0n) is 16.8. The lowest BCUT2D eigenvalue weighted by Crippen LogP contribution is -2.27. The van der Waals surface area contributed by atoms with Gasteiger partial charge in [-0.1, -0.05) is 25.4 Å². The lowest BCUT2D eigenvalue weighted by atomic mass is 9.87. The SMILES string of the molecule is COCCCOc1cc2c(cc1Cl)-c1cc(=O)c(C(C)=O)cn1[C@H](C(C)C)C2. The topological polar surface area (TPSA) is 57.5 Å². The van der Waals surface area contributed by atoms with Gasteiger partial charge in [0.2, 0.25) is 0 Å². The van der Waals surface area contributed by atoms with E-state index in [9.17, 15) is 9.59 Å². The van der Waals surface area contributed by atoms with Gasteiger partial charge in [-0.25, -0.2) is 0 Å². The van der Waals surface area contributed by atoms with Crippen LogP contribution in [-0.2, 0) is 11.2 Å². The number of carbonyl (C=O) groups excluding carboxylic acids is 1. The molecule has 0 spiro atoms. The Hall–Kier alpha value is -2.11. The zero-order chi connectivity index (χ0) is 20.4. The van der Waals surface area contributed by atoms with Crippen LogP contribution in [0.5, 0.6) is 5.75 Å². The Morgan fingerprint density at radius 1 is 1.29 bits per heavy atom. The number of methoxy groups -OCH3 is 1. The maximum absolute atomic E-state index is 12.5. The van der Waals surface area contributed by atoms with E-state index in [0.717, 1.165) is 29.7 Å². The number of nitrogens with zero attached hydrogens (tertiary/aromatic N) is 1. The number of pyridine rings is 1. The minimum absolute atomic E-state index is 0.142.